The number of rotatable bonds is 10. The molecule has 0 saturated carbocycles. The van der Waals surface area contributed by atoms with E-state index in [4.69, 9.17) is 23.2 Å². The van der Waals surface area contributed by atoms with Crippen LogP contribution in [0.25, 0.3) is 0 Å². The summed E-state index contributed by atoms with van der Waals surface area (Å²) in [5.41, 5.74) is 1.87. The van der Waals surface area contributed by atoms with Gasteiger partial charge in [0.25, 0.3) is 0 Å². The predicted octanol–water partition coefficient (Wildman–Crippen LogP) is 5.56. The number of carbonyl (C=O) groups excluding carboxylic acids is 2. The molecule has 0 aliphatic rings. The highest BCUT2D eigenvalue weighted by Crippen LogP contribution is 2.21. The summed E-state index contributed by atoms with van der Waals surface area (Å²) < 4.78 is 0. The van der Waals surface area contributed by atoms with Gasteiger partial charge in [0.2, 0.25) is 11.8 Å². The molecule has 2 rings (SSSR count). The lowest BCUT2D eigenvalue weighted by atomic mass is 10.1. The van der Waals surface area contributed by atoms with Crippen molar-refractivity contribution in [2.75, 3.05) is 5.75 Å². The van der Waals surface area contributed by atoms with Crippen molar-refractivity contribution in [3.63, 3.8) is 0 Å². The van der Waals surface area contributed by atoms with Gasteiger partial charge in [-0.2, -0.15) is 0 Å². The highest BCUT2D eigenvalue weighted by atomic mass is 35.5. The van der Waals surface area contributed by atoms with Crippen LogP contribution < -0.4 is 5.32 Å². The number of nitrogens with one attached hydrogen (secondary N) is 1. The van der Waals surface area contributed by atoms with Crippen molar-refractivity contribution < 1.29 is 9.59 Å². The van der Waals surface area contributed by atoms with Crippen LogP contribution in [0.1, 0.15) is 38.3 Å². The van der Waals surface area contributed by atoms with Crippen molar-refractivity contribution in [2.24, 2.45) is 0 Å². The zero-order chi connectivity index (χ0) is 22.1. The quantitative estimate of drug-likeness (QED) is 0.498. The number of nitrogens with zero attached hydrogens (tertiary/aromatic N) is 1. The molecule has 0 fully saturated rings. The van der Waals surface area contributed by atoms with E-state index in [1.54, 1.807) is 17.9 Å². The molecule has 2 aromatic carbocycles. The van der Waals surface area contributed by atoms with E-state index in [9.17, 15) is 9.59 Å². The molecule has 7 heteroatoms. The van der Waals surface area contributed by atoms with E-state index < -0.39 is 6.04 Å². The molecule has 1 N–H and O–H groups in total. The molecule has 0 aliphatic heterocycles. The topological polar surface area (TPSA) is 49.4 Å². The zero-order valence-corrected chi connectivity index (χ0v) is 19.9. The first-order valence-electron chi connectivity index (χ1n) is 9.97. The van der Waals surface area contributed by atoms with Gasteiger partial charge < -0.3 is 10.2 Å². The number of halogens is 2. The van der Waals surface area contributed by atoms with Crippen LogP contribution in [-0.4, -0.2) is 34.6 Å². The molecule has 0 heterocycles. The number of benzene rings is 2. The smallest absolute Gasteiger partial charge is 0.242 e. The normalized spacial score (nSPS) is 12.8. The standard InChI is InChI=1S/C23H28Cl2N2O2S/c1-4-16(2)26-23(29)17(3)27(13-19-9-5-6-11-21(19)25)22(28)15-30-14-18-8-7-10-20(24)12-18/h5-12,16-17H,4,13-15H2,1-3H3,(H,26,29). The first-order valence-corrected chi connectivity index (χ1v) is 11.9. The second-order valence-electron chi connectivity index (χ2n) is 7.23. The lowest BCUT2D eigenvalue weighted by Gasteiger charge is -2.30. The lowest BCUT2D eigenvalue weighted by molar-refractivity contribution is -0.138. The summed E-state index contributed by atoms with van der Waals surface area (Å²) in [6.07, 6.45) is 0.826. The maximum Gasteiger partial charge on any atom is 0.242 e. The maximum atomic E-state index is 13.1. The van der Waals surface area contributed by atoms with Gasteiger partial charge in [-0.25, -0.2) is 0 Å². The molecule has 4 nitrogen and oxygen atoms in total. The zero-order valence-electron chi connectivity index (χ0n) is 17.5. The van der Waals surface area contributed by atoms with Crippen LogP contribution in [0.3, 0.4) is 0 Å². The van der Waals surface area contributed by atoms with Crippen LogP contribution in [0.5, 0.6) is 0 Å². The maximum absolute atomic E-state index is 13.1. The fraction of sp³-hybridized carbons (Fsp3) is 0.391. The van der Waals surface area contributed by atoms with E-state index in [1.165, 1.54) is 11.8 Å². The van der Waals surface area contributed by atoms with Gasteiger partial charge in [0.15, 0.2) is 0 Å². The number of amides is 2. The second-order valence-corrected chi connectivity index (χ2v) is 9.06. The van der Waals surface area contributed by atoms with Gasteiger partial charge in [-0.15, -0.1) is 11.8 Å². The molecule has 0 bridgehead atoms. The Labute approximate surface area is 193 Å². The molecular weight excluding hydrogens is 439 g/mol. The Bertz CT molecular complexity index is 863. The molecule has 2 amide bonds. The van der Waals surface area contributed by atoms with Gasteiger partial charge >= 0.3 is 0 Å². The Kier molecular flexibility index (Phi) is 10.0. The Morgan fingerprint density at radius 3 is 2.50 bits per heavy atom. The van der Waals surface area contributed by atoms with Crippen LogP contribution in [0, 0.1) is 0 Å². The molecule has 2 aromatic rings. The minimum Gasteiger partial charge on any atom is -0.352 e. The summed E-state index contributed by atoms with van der Waals surface area (Å²) in [6, 6.07) is 14.4. The average Bonchev–Trinajstić information content (AvgIpc) is 2.72. The largest absolute Gasteiger partial charge is 0.352 e. The van der Waals surface area contributed by atoms with Gasteiger partial charge in [0, 0.05) is 28.4 Å². The lowest BCUT2D eigenvalue weighted by Crippen LogP contribution is -2.50. The monoisotopic (exact) mass is 466 g/mol. The van der Waals surface area contributed by atoms with Crippen molar-refractivity contribution >= 4 is 46.8 Å². The second kappa shape index (κ2) is 12.2. The molecule has 0 aromatic heterocycles. The van der Waals surface area contributed by atoms with E-state index in [-0.39, 0.29) is 30.2 Å². The Morgan fingerprint density at radius 2 is 1.83 bits per heavy atom. The average molecular weight is 467 g/mol. The van der Waals surface area contributed by atoms with E-state index in [2.05, 4.69) is 5.32 Å². The van der Waals surface area contributed by atoms with Gasteiger partial charge in [-0.1, -0.05) is 60.5 Å². The third kappa shape index (κ3) is 7.53. The number of carbonyl (C=O) groups is 2. The van der Waals surface area contributed by atoms with E-state index >= 15 is 0 Å². The molecule has 2 atom stereocenters. The van der Waals surface area contributed by atoms with Crippen molar-refractivity contribution in [2.45, 2.75) is 51.6 Å². The minimum absolute atomic E-state index is 0.0504. The summed E-state index contributed by atoms with van der Waals surface area (Å²) in [5, 5.41) is 4.22. The van der Waals surface area contributed by atoms with Crippen molar-refractivity contribution in [1.29, 1.82) is 0 Å². The molecule has 0 saturated heterocycles. The van der Waals surface area contributed by atoms with Crippen LogP contribution in [0.2, 0.25) is 10.0 Å². The first kappa shape index (κ1) is 24.6. The fourth-order valence-corrected chi connectivity index (χ4v) is 4.09. The van der Waals surface area contributed by atoms with Gasteiger partial charge in [0.1, 0.15) is 6.04 Å². The van der Waals surface area contributed by atoms with Gasteiger partial charge in [-0.05, 0) is 49.6 Å². The highest BCUT2D eigenvalue weighted by Gasteiger charge is 2.27. The minimum atomic E-state index is -0.602. The van der Waals surface area contributed by atoms with Crippen molar-refractivity contribution in [3.8, 4) is 0 Å². The fourth-order valence-electron chi connectivity index (χ4n) is 2.82. The third-order valence-electron chi connectivity index (χ3n) is 4.85. The third-order valence-corrected chi connectivity index (χ3v) is 6.44. The van der Waals surface area contributed by atoms with Crippen LogP contribution in [0.15, 0.2) is 48.5 Å². The molecule has 0 spiro atoms. The first-order chi connectivity index (χ1) is 14.3. The Balaban J connectivity index is 2.09. The van der Waals surface area contributed by atoms with E-state index in [0.29, 0.717) is 15.8 Å². The van der Waals surface area contributed by atoms with Crippen LogP contribution in [-0.2, 0) is 21.9 Å². The number of hydrogen-bond acceptors (Lipinski definition) is 3. The van der Waals surface area contributed by atoms with E-state index in [0.717, 1.165) is 17.5 Å². The Morgan fingerprint density at radius 1 is 1.10 bits per heavy atom. The molecule has 2 unspecified atom stereocenters. The SMILES string of the molecule is CCC(C)NC(=O)C(C)N(Cc1ccccc1Cl)C(=O)CSCc1cccc(Cl)c1. The molecular formula is C23H28Cl2N2O2S. The van der Waals surface area contributed by atoms with Crippen molar-refractivity contribution in [1.82, 2.24) is 10.2 Å². The Hall–Kier alpha value is -1.69. The molecule has 0 radical (unpaired) electrons. The van der Waals surface area contributed by atoms with Gasteiger partial charge in [-0.3, -0.25) is 9.59 Å². The van der Waals surface area contributed by atoms with Crippen molar-refractivity contribution in [3.05, 3.63) is 69.7 Å². The summed E-state index contributed by atoms with van der Waals surface area (Å²) >= 11 is 13.8. The number of thioether (sulfide) groups is 1. The summed E-state index contributed by atoms with van der Waals surface area (Å²) in [5.74, 6) is 0.663. The predicted molar refractivity (Wildman–Crippen MR) is 127 cm³/mol. The number of hydrogen-bond donors (Lipinski definition) is 1. The van der Waals surface area contributed by atoms with E-state index in [1.807, 2.05) is 56.3 Å². The molecule has 162 valence electrons. The van der Waals surface area contributed by atoms with Crippen LogP contribution >= 0.6 is 35.0 Å². The summed E-state index contributed by atoms with van der Waals surface area (Å²) in [4.78, 5) is 27.4. The highest BCUT2D eigenvalue weighted by molar-refractivity contribution is 7.99. The summed E-state index contributed by atoms with van der Waals surface area (Å²) in [6.45, 7) is 6.00. The molecule has 30 heavy (non-hydrogen) atoms. The summed E-state index contributed by atoms with van der Waals surface area (Å²) in [7, 11) is 0. The van der Waals surface area contributed by atoms with Crippen LogP contribution in [0.4, 0.5) is 0 Å². The van der Waals surface area contributed by atoms with Gasteiger partial charge in [0.05, 0.1) is 5.75 Å². The molecule has 0 aliphatic carbocycles.